The molecule has 2 amide bonds. The highest BCUT2D eigenvalue weighted by Gasteiger charge is 2.33. The number of hydrogen-bond acceptors (Lipinski definition) is 2. The van der Waals surface area contributed by atoms with Crippen LogP contribution in [0.2, 0.25) is 0 Å². The lowest BCUT2D eigenvalue weighted by atomic mass is 9.94. The van der Waals surface area contributed by atoms with E-state index in [0.29, 0.717) is 50.4 Å². The molecule has 0 aromatic carbocycles. The smallest absolute Gasteiger partial charge is 0.255 e. The van der Waals surface area contributed by atoms with Gasteiger partial charge in [-0.1, -0.05) is 25.7 Å². The largest absolute Gasteiger partial charge is 0.356 e. The molecule has 2 heterocycles. The van der Waals surface area contributed by atoms with Crippen molar-refractivity contribution in [2.75, 3.05) is 19.6 Å². The summed E-state index contributed by atoms with van der Waals surface area (Å²) in [5.41, 5.74) is 2.68. The molecular formula is C22H31N3O2. The van der Waals surface area contributed by atoms with Crippen LogP contribution in [0.1, 0.15) is 54.4 Å². The van der Waals surface area contributed by atoms with Gasteiger partial charge >= 0.3 is 0 Å². The summed E-state index contributed by atoms with van der Waals surface area (Å²) in [6.07, 6.45) is 9.74. The number of hydrogen-bond donors (Lipinski definition) is 1. The number of aryl methyl sites for hydroxylation is 1. The Bertz CT molecular complexity index is 752. The van der Waals surface area contributed by atoms with Gasteiger partial charge in [0.05, 0.1) is 12.1 Å². The lowest BCUT2D eigenvalue weighted by Gasteiger charge is -2.39. The van der Waals surface area contributed by atoms with E-state index in [9.17, 15) is 9.59 Å². The number of likely N-dealkylation sites (tertiary alicyclic amines) is 1. The zero-order valence-electron chi connectivity index (χ0n) is 16.8. The molecule has 3 rings (SSSR count). The van der Waals surface area contributed by atoms with Crippen molar-refractivity contribution in [2.24, 2.45) is 17.8 Å². The number of nitrogens with zero attached hydrogens (tertiary/aromatic N) is 2. The maximum Gasteiger partial charge on any atom is 0.255 e. The van der Waals surface area contributed by atoms with E-state index < -0.39 is 0 Å². The van der Waals surface area contributed by atoms with Gasteiger partial charge in [0.2, 0.25) is 5.91 Å². The van der Waals surface area contributed by atoms with E-state index in [-0.39, 0.29) is 11.8 Å². The molecule has 0 spiro atoms. The zero-order valence-corrected chi connectivity index (χ0v) is 16.8. The lowest BCUT2D eigenvalue weighted by molar-refractivity contribution is -0.122. The van der Waals surface area contributed by atoms with Gasteiger partial charge in [0.25, 0.3) is 5.91 Å². The summed E-state index contributed by atoms with van der Waals surface area (Å²) in [5.74, 6) is 4.43. The Morgan fingerprint density at radius 3 is 2.67 bits per heavy atom. The highest BCUT2D eigenvalue weighted by atomic mass is 16.2. The minimum absolute atomic E-state index is 0.0636. The van der Waals surface area contributed by atoms with Crippen molar-refractivity contribution in [1.82, 2.24) is 14.8 Å². The number of terminal acetylenes is 1. The molecule has 27 heavy (non-hydrogen) atoms. The average Bonchev–Trinajstić information content (AvgIpc) is 3.11. The third kappa shape index (κ3) is 4.21. The molecule has 5 heteroatoms. The number of rotatable bonds is 6. The topological polar surface area (TPSA) is 54.3 Å². The minimum Gasteiger partial charge on any atom is -0.356 e. The van der Waals surface area contributed by atoms with Gasteiger partial charge in [-0.25, -0.2) is 0 Å². The van der Waals surface area contributed by atoms with Gasteiger partial charge in [-0.05, 0) is 38.2 Å². The molecule has 1 N–H and O–H groups in total. The first-order valence-corrected chi connectivity index (χ1v) is 10.1. The summed E-state index contributed by atoms with van der Waals surface area (Å²) in [6.45, 7) is 8.73. The van der Waals surface area contributed by atoms with Crippen LogP contribution in [-0.2, 0) is 11.3 Å². The molecular weight excluding hydrogens is 338 g/mol. The minimum atomic E-state index is 0.0636. The second-order valence-electron chi connectivity index (χ2n) is 8.33. The van der Waals surface area contributed by atoms with Gasteiger partial charge in [-0.15, -0.1) is 6.42 Å². The number of carbonyl (C=O) groups excluding carboxylic acids is 2. The van der Waals surface area contributed by atoms with Gasteiger partial charge in [0.15, 0.2) is 0 Å². The van der Waals surface area contributed by atoms with E-state index in [1.807, 2.05) is 29.4 Å². The Labute approximate surface area is 162 Å². The molecule has 146 valence electrons. The molecule has 1 aliphatic carbocycles. The average molecular weight is 370 g/mol. The lowest BCUT2D eigenvalue weighted by Crippen LogP contribution is -2.53. The summed E-state index contributed by atoms with van der Waals surface area (Å²) < 4.78 is 1.99. The normalized spacial score (nSPS) is 22.4. The van der Waals surface area contributed by atoms with Crippen molar-refractivity contribution in [3.63, 3.8) is 0 Å². The fourth-order valence-electron chi connectivity index (χ4n) is 4.48. The fourth-order valence-corrected chi connectivity index (χ4v) is 4.48. The van der Waals surface area contributed by atoms with E-state index in [0.717, 1.165) is 17.0 Å². The van der Waals surface area contributed by atoms with Gasteiger partial charge in [-0.2, -0.15) is 0 Å². The van der Waals surface area contributed by atoms with Crippen LogP contribution in [-0.4, -0.2) is 40.9 Å². The van der Waals surface area contributed by atoms with Crippen LogP contribution in [0.3, 0.4) is 0 Å². The van der Waals surface area contributed by atoms with Gasteiger partial charge in [0.1, 0.15) is 0 Å². The Kier molecular flexibility index (Phi) is 5.94. The first-order chi connectivity index (χ1) is 12.9. The highest BCUT2D eigenvalue weighted by Crippen LogP contribution is 2.33. The predicted octanol–water partition coefficient (Wildman–Crippen LogP) is 2.75. The SMILES string of the molecule is C#CCn1c(C)cc(C(=O)N2CC(CNC(=O)CC3CCCC3C)C2)c1C. The molecule has 2 fully saturated rings. The summed E-state index contributed by atoms with van der Waals surface area (Å²) in [4.78, 5) is 26.8. The Morgan fingerprint density at radius 1 is 1.30 bits per heavy atom. The Balaban J connectivity index is 1.44. The molecule has 2 unspecified atom stereocenters. The fraction of sp³-hybridized carbons (Fsp3) is 0.636. The quantitative estimate of drug-likeness (QED) is 0.784. The number of amides is 2. The zero-order chi connectivity index (χ0) is 19.6. The first-order valence-electron chi connectivity index (χ1n) is 10.1. The van der Waals surface area contributed by atoms with Crippen LogP contribution in [0.5, 0.6) is 0 Å². The van der Waals surface area contributed by atoms with Crippen molar-refractivity contribution in [3.05, 3.63) is 23.0 Å². The van der Waals surface area contributed by atoms with Crippen molar-refractivity contribution >= 4 is 11.8 Å². The predicted molar refractivity (Wildman–Crippen MR) is 106 cm³/mol. The van der Waals surface area contributed by atoms with Crippen LogP contribution in [0.15, 0.2) is 6.07 Å². The van der Waals surface area contributed by atoms with Gasteiger partial charge < -0.3 is 14.8 Å². The molecule has 0 bridgehead atoms. The van der Waals surface area contributed by atoms with Gasteiger partial charge in [-0.3, -0.25) is 9.59 Å². The first kappa shape index (κ1) is 19.5. The Hall–Kier alpha value is -2.22. The Morgan fingerprint density at radius 2 is 2.04 bits per heavy atom. The van der Waals surface area contributed by atoms with Gasteiger partial charge in [0, 0.05) is 43.4 Å². The van der Waals surface area contributed by atoms with Crippen LogP contribution in [0.4, 0.5) is 0 Å². The monoisotopic (exact) mass is 369 g/mol. The number of nitrogens with one attached hydrogen (secondary N) is 1. The molecule has 1 aromatic rings. The third-order valence-corrected chi connectivity index (χ3v) is 6.37. The summed E-state index contributed by atoms with van der Waals surface area (Å²) in [5, 5.41) is 3.07. The van der Waals surface area contributed by atoms with E-state index in [4.69, 9.17) is 6.42 Å². The van der Waals surface area contributed by atoms with E-state index in [1.165, 1.54) is 19.3 Å². The summed E-state index contributed by atoms with van der Waals surface area (Å²) >= 11 is 0. The summed E-state index contributed by atoms with van der Waals surface area (Å²) in [6, 6.07) is 1.92. The highest BCUT2D eigenvalue weighted by molar-refractivity contribution is 5.96. The van der Waals surface area contributed by atoms with Crippen molar-refractivity contribution in [3.8, 4) is 12.3 Å². The molecule has 1 saturated heterocycles. The van der Waals surface area contributed by atoms with Crippen molar-refractivity contribution in [2.45, 2.75) is 53.0 Å². The van der Waals surface area contributed by atoms with E-state index in [1.54, 1.807) is 0 Å². The maximum atomic E-state index is 12.7. The third-order valence-electron chi connectivity index (χ3n) is 6.37. The van der Waals surface area contributed by atoms with Crippen molar-refractivity contribution < 1.29 is 9.59 Å². The molecule has 5 nitrogen and oxygen atoms in total. The van der Waals surface area contributed by atoms with Crippen LogP contribution in [0, 0.1) is 43.9 Å². The van der Waals surface area contributed by atoms with Crippen LogP contribution < -0.4 is 5.32 Å². The number of carbonyl (C=O) groups is 2. The molecule has 2 aliphatic rings. The summed E-state index contributed by atoms with van der Waals surface area (Å²) in [7, 11) is 0. The van der Waals surface area contributed by atoms with Crippen LogP contribution in [0.25, 0.3) is 0 Å². The van der Waals surface area contributed by atoms with Crippen molar-refractivity contribution in [1.29, 1.82) is 0 Å². The maximum absolute atomic E-state index is 12.7. The molecule has 1 saturated carbocycles. The second kappa shape index (κ2) is 8.21. The van der Waals surface area contributed by atoms with E-state index in [2.05, 4.69) is 18.2 Å². The molecule has 1 aromatic heterocycles. The molecule has 0 radical (unpaired) electrons. The molecule has 1 aliphatic heterocycles. The standard InChI is InChI=1S/C22H31N3O2/c1-5-9-25-16(3)10-20(17(25)4)22(27)24-13-18(14-24)12-23-21(26)11-19-8-6-7-15(19)2/h1,10,15,18-19H,6-9,11-14H2,2-4H3,(H,23,26). The molecule has 2 atom stereocenters. The van der Waals surface area contributed by atoms with E-state index >= 15 is 0 Å². The second-order valence-corrected chi connectivity index (χ2v) is 8.33. The van der Waals surface area contributed by atoms with Crippen LogP contribution >= 0.6 is 0 Å². The number of aromatic nitrogens is 1.